The second-order valence-corrected chi connectivity index (χ2v) is 7.11. The number of benzene rings is 2. The Morgan fingerprint density at radius 3 is 2.58 bits per heavy atom. The Morgan fingerprint density at radius 1 is 1.21 bits per heavy atom. The van der Waals surface area contributed by atoms with E-state index < -0.39 is 18.4 Å². The molecule has 1 aliphatic carbocycles. The van der Waals surface area contributed by atoms with Crippen LogP contribution in [-0.4, -0.2) is 25.0 Å². The predicted octanol–water partition coefficient (Wildman–Crippen LogP) is 4.07. The molecule has 0 unspecified atom stereocenters. The van der Waals surface area contributed by atoms with E-state index >= 15 is 0 Å². The standard InChI is InChI=1S/C19H22F2N2O/c1-19(2,11-22-18(24)23-16-10-15(16)17(20)21)14-8-7-12-5-3-4-6-13(12)9-14/h3-9,15-17H,10-11H2,1-2H3,(H2,22,23,24)/t15-,16+/m0/s1. The van der Waals surface area contributed by atoms with E-state index in [-0.39, 0.29) is 11.4 Å². The number of carbonyl (C=O) groups excluding carboxylic acids is 1. The molecule has 0 radical (unpaired) electrons. The number of hydrogen-bond acceptors (Lipinski definition) is 1. The molecule has 0 aromatic heterocycles. The molecule has 2 N–H and O–H groups in total. The SMILES string of the molecule is CC(C)(CNC(=O)N[C@@H]1C[C@@H]1C(F)F)c1ccc2ccccc2c1. The maximum Gasteiger partial charge on any atom is 0.315 e. The third-order valence-electron chi connectivity index (χ3n) is 4.70. The minimum Gasteiger partial charge on any atom is -0.337 e. The van der Waals surface area contributed by atoms with Crippen molar-refractivity contribution < 1.29 is 13.6 Å². The summed E-state index contributed by atoms with van der Waals surface area (Å²) in [5, 5.41) is 7.75. The summed E-state index contributed by atoms with van der Waals surface area (Å²) < 4.78 is 24.9. The van der Waals surface area contributed by atoms with Crippen LogP contribution in [0.15, 0.2) is 42.5 Å². The van der Waals surface area contributed by atoms with Gasteiger partial charge in [-0.1, -0.05) is 56.3 Å². The highest BCUT2D eigenvalue weighted by Gasteiger charge is 2.45. The number of alkyl halides is 2. The Balaban J connectivity index is 1.59. The van der Waals surface area contributed by atoms with Crippen molar-refractivity contribution in [2.75, 3.05) is 6.54 Å². The lowest BCUT2D eigenvalue weighted by Crippen LogP contribution is -2.43. The van der Waals surface area contributed by atoms with Crippen molar-refractivity contribution in [3.8, 4) is 0 Å². The van der Waals surface area contributed by atoms with Gasteiger partial charge >= 0.3 is 6.03 Å². The van der Waals surface area contributed by atoms with Crippen LogP contribution < -0.4 is 10.6 Å². The summed E-state index contributed by atoms with van der Waals surface area (Å²) in [6, 6.07) is 13.6. The zero-order chi connectivity index (χ0) is 17.3. The number of urea groups is 1. The van der Waals surface area contributed by atoms with Crippen molar-refractivity contribution in [3.63, 3.8) is 0 Å². The molecule has 2 aromatic carbocycles. The van der Waals surface area contributed by atoms with E-state index in [4.69, 9.17) is 0 Å². The van der Waals surface area contributed by atoms with Gasteiger partial charge in [-0.25, -0.2) is 13.6 Å². The van der Waals surface area contributed by atoms with Gasteiger partial charge in [0, 0.05) is 23.9 Å². The van der Waals surface area contributed by atoms with Crippen LogP contribution in [0.5, 0.6) is 0 Å². The quantitative estimate of drug-likeness (QED) is 0.851. The topological polar surface area (TPSA) is 41.1 Å². The summed E-state index contributed by atoms with van der Waals surface area (Å²) in [6.07, 6.45) is -2.00. The van der Waals surface area contributed by atoms with Gasteiger partial charge in [0.15, 0.2) is 0 Å². The van der Waals surface area contributed by atoms with Crippen molar-refractivity contribution in [2.24, 2.45) is 5.92 Å². The number of halogens is 2. The van der Waals surface area contributed by atoms with Crippen molar-refractivity contribution in [1.29, 1.82) is 0 Å². The van der Waals surface area contributed by atoms with Gasteiger partial charge in [0.1, 0.15) is 0 Å². The second kappa shape index (κ2) is 6.38. The summed E-state index contributed by atoms with van der Waals surface area (Å²) in [5.41, 5.74) is 0.867. The normalized spacial score (nSPS) is 20.2. The van der Waals surface area contributed by atoms with Gasteiger partial charge in [-0.05, 0) is 22.8 Å². The number of nitrogens with one attached hydrogen (secondary N) is 2. The van der Waals surface area contributed by atoms with Crippen LogP contribution >= 0.6 is 0 Å². The van der Waals surface area contributed by atoms with Gasteiger partial charge in [0.25, 0.3) is 0 Å². The fourth-order valence-corrected chi connectivity index (χ4v) is 2.89. The van der Waals surface area contributed by atoms with Gasteiger partial charge in [0.2, 0.25) is 6.43 Å². The summed E-state index contributed by atoms with van der Waals surface area (Å²) in [5.74, 6) is -0.691. The minimum absolute atomic E-state index is 0.257. The third kappa shape index (κ3) is 3.66. The first kappa shape index (κ1) is 16.7. The maximum absolute atomic E-state index is 12.5. The number of carbonyl (C=O) groups is 1. The Morgan fingerprint density at radius 2 is 1.92 bits per heavy atom. The van der Waals surface area contributed by atoms with Crippen molar-refractivity contribution >= 4 is 16.8 Å². The van der Waals surface area contributed by atoms with Crippen LogP contribution in [0.4, 0.5) is 13.6 Å². The maximum atomic E-state index is 12.5. The number of fused-ring (bicyclic) bond motifs is 1. The van der Waals surface area contributed by atoms with Gasteiger partial charge in [0.05, 0.1) is 0 Å². The van der Waals surface area contributed by atoms with E-state index in [0.717, 1.165) is 10.9 Å². The number of hydrogen-bond donors (Lipinski definition) is 2. The van der Waals surface area contributed by atoms with Crippen LogP contribution in [-0.2, 0) is 5.41 Å². The monoisotopic (exact) mass is 332 g/mol. The highest BCUT2D eigenvalue weighted by molar-refractivity contribution is 5.83. The van der Waals surface area contributed by atoms with E-state index in [9.17, 15) is 13.6 Å². The summed E-state index contributed by atoms with van der Waals surface area (Å²) in [6.45, 7) is 4.54. The molecule has 24 heavy (non-hydrogen) atoms. The van der Waals surface area contributed by atoms with E-state index in [1.54, 1.807) is 0 Å². The number of rotatable bonds is 5. The summed E-state index contributed by atoms with van der Waals surface area (Å²) in [7, 11) is 0. The molecule has 1 aliphatic rings. The molecule has 0 heterocycles. The van der Waals surface area contributed by atoms with Gasteiger partial charge < -0.3 is 10.6 Å². The fraction of sp³-hybridized carbons (Fsp3) is 0.421. The molecule has 2 atom stereocenters. The number of amides is 2. The van der Waals surface area contributed by atoms with E-state index in [0.29, 0.717) is 13.0 Å². The van der Waals surface area contributed by atoms with Crippen LogP contribution in [0.3, 0.4) is 0 Å². The molecule has 5 heteroatoms. The van der Waals surface area contributed by atoms with E-state index in [2.05, 4.69) is 54.8 Å². The highest BCUT2D eigenvalue weighted by Crippen LogP contribution is 2.35. The molecule has 1 saturated carbocycles. The first-order chi connectivity index (χ1) is 11.4. The molecule has 1 fully saturated rings. The van der Waals surface area contributed by atoms with Crippen LogP contribution in [0.2, 0.25) is 0 Å². The lowest BCUT2D eigenvalue weighted by molar-refractivity contribution is 0.119. The Labute approximate surface area is 140 Å². The van der Waals surface area contributed by atoms with Crippen LogP contribution in [0, 0.1) is 5.92 Å². The van der Waals surface area contributed by atoms with Gasteiger partial charge in [-0.3, -0.25) is 0 Å². The molecule has 0 bridgehead atoms. The molecule has 128 valence electrons. The lowest BCUT2D eigenvalue weighted by atomic mass is 9.83. The molecule has 0 spiro atoms. The molecule has 2 aromatic rings. The average molecular weight is 332 g/mol. The van der Waals surface area contributed by atoms with E-state index in [1.165, 1.54) is 5.39 Å². The summed E-state index contributed by atoms with van der Waals surface area (Å²) >= 11 is 0. The largest absolute Gasteiger partial charge is 0.337 e. The zero-order valence-corrected chi connectivity index (χ0v) is 13.9. The predicted molar refractivity (Wildman–Crippen MR) is 91.4 cm³/mol. The van der Waals surface area contributed by atoms with Crippen molar-refractivity contribution in [2.45, 2.75) is 38.2 Å². The molecule has 2 amide bonds. The molecule has 3 rings (SSSR count). The summed E-state index contributed by atoms with van der Waals surface area (Å²) in [4.78, 5) is 11.9. The lowest BCUT2D eigenvalue weighted by Gasteiger charge is -2.26. The van der Waals surface area contributed by atoms with Crippen LogP contribution in [0.1, 0.15) is 25.8 Å². The van der Waals surface area contributed by atoms with Gasteiger partial charge in [-0.2, -0.15) is 0 Å². The van der Waals surface area contributed by atoms with Gasteiger partial charge in [-0.15, -0.1) is 0 Å². The molecular weight excluding hydrogens is 310 g/mol. The van der Waals surface area contributed by atoms with Crippen molar-refractivity contribution in [3.05, 3.63) is 48.0 Å². The average Bonchev–Trinajstić information content (AvgIpc) is 3.32. The van der Waals surface area contributed by atoms with Crippen LogP contribution in [0.25, 0.3) is 10.8 Å². The Hall–Kier alpha value is -2.17. The first-order valence-corrected chi connectivity index (χ1v) is 8.18. The van der Waals surface area contributed by atoms with E-state index in [1.807, 2.05) is 12.1 Å². The molecule has 0 saturated heterocycles. The third-order valence-corrected chi connectivity index (χ3v) is 4.70. The zero-order valence-electron chi connectivity index (χ0n) is 13.9. The molecular formula is C19H22F2N2O. The minimum atomic E-state index is -2.36. The fourth-order valence-electron chi connectivity index (χ4n) is 2.89. The highest BCUT2D eigenvalue weighted by atomic mass is 19.3. The van der Waals surface area contributed by atoms with Crippen molar-refractivity contribution in [1.82, 2.24) is 10.6 Å². The Kier molecular flexibility index (Phi) is 4.43. The Bertz CT molecular complexity index is 745. The second-order valence-electron chi connectivity index (χ2n) is 7.11. The smallest absolute Gasteiger partial charge is 0.315 e. The molecule has 3 nitrogen and oxygen atoms in total. The first-order valence-electron chi connectivity index (χ1n) is 8.18. The molecule has 0 aliphatic heterocycles.